The normalized spacial score (nSPS) is 16.6. The zero-order valence-corrected chi connectivity index (χ0v) is 11.5. The molecule has 0 aliphatic carbocycles. The molecule has 2 aromatic rings. The molecule has 0 bridgehead atoms. The molecule has 102 valence electrons. The van der Waals surface area contributed by atoms with Gasteiger partial charge in [0.25, 0.3) is 0 Å². The fraction of sp³-hybridized carbons (Fsp3) is 0.188. The van der Waals surface area contributed by atoms with Gasteiger partial charge >= 0.3 is 0 Å². The number of ketones is 1. The molecule has 0 radical (unpaired) electrons. The molecule has 1 N–H and O–H groups in total. The van der Waals surface area contributed by atoms with Gasteiger partial charge in [-0.1, -0.05) is 29.8 Å². The molecule has 0 aromatic heterocycles. The Morgan fingerprint density at radius 2 is 2.10 bits per heavy atom. The van der Waals surface area contributed by atoms with Crippen molar-refractivity contribution in [2.75, 3.05) is 5.32 Å². The number of fused-ring (bicyclic) bond motifs is 1. The Balaban J connectivity index is 1.74. The summed E-state index contributed by atoms with van der Waals surface area (Å²) in [5.74, 6) is -0.416. The summed E-state index contributed by atoms with van der Waals surface area (Å²) in [7, 11) is 0. The maximum atomic E-state index is 13.6. The largest absolute Gasteiger partial charge is 0.375 e. The first kappa shape index (κ1) is 13.1. The van der Waals surface area contributed by atoms with Gasteiger partial charge in [-0.2, -0.15) is 0 Å². The van der Waals surface area contributed by atoms with E-state index in [4.69, 9.17) is 11.6 Å². The van der Waals surface area contributed by atoms with Gasteiger partial charge in [-0.15, -0.1) is 0 Å². The van der Waals surface area contributed by atoms with Crippen molar-refractivity contribution in [2.24, 2.45) is 0 Å². The van der Waals surface area contributed by atoms with E-state index in [9.17, 15) is 9.18 Å². The summed E-state index contributed by atoms with van der Waals surface area (Å²) in [5, 5.41) is 3.63. The Morgan fingerprint density at radius 3 is 2.90 bits per heavy atom. The highest BCUT2D eigenvalue weighted by molar-refractivity contribution is 6.30. The molecule has 1 aliphatic rings. The number of Topliss-reactive ketones (excluding diaryl/α,β-unsaturated/α-hetero) is 1. The second kappa shape index (κ2) is 5.25. The highest BCUT2D eigenvalue weighted by Crippen LogP contribution is 2.26. The van der Waals surface area contributed by atoms with Gasteiger partial charge in [-0.3, -0.25) is 4.79 Å². The summed E-state index contributed by atoms with van der Waals surface area (Å²) in [5.41, 5.74) is 2.45. The molecule has 1 atom stereocenters. The molecule has 2 aromatic carbocycles. The van der Waals surface area contributed by atoms with Crippen LogP contribution < -0.4 is 5.32 Å². The van der Waals surface area contributed by atoms with Gasteiger partial charge in [0.05, 0.1) is 6.04 Å². The number of carbonyl (C=O) groups is 1. The van der Waals surface area contributed by atoms with Gasteiger partial charge in [0.15, 0.2) is 5.78 Å². The van der Waals surface area contributed by atoms with Crippen LogP contribution in [0.5, 0.6) is 0 Å². The van der Waals surface area contributed by atoms with Crippen molar-refractivity contribution >= 4 is 23.1 Å². The van der Waals surface area contributed by atoms with Crippen LogP contribution in [0.15, 0.2) is 42.5 Å². The van der Waals surface area contributed by atoms with E-state index in [1.165, 1.54) is 18.2 Å². The third kappa shape index (κ3) is 2.54. The fourth-order valence-electron chi connectivity index (χ4n) is 2.48. The van der Waals surface area contributed by atoms with Crippen LogP contribution in [-0.2, 0) is 17.6 Å². The molecular weight excluding hydrogens is 277 g/mol. The summed E-state index contributed by atoms with van der Waals surface area (Å²) in [6.45, 7) is 0. The molecule has 1 aliphatic heterocycles. The average Bonchev–Trinajstić information content (AvgIpc) is 2.87. The number of carbonyl (C=O) groups excluding carboxylic acids is 1. The third-order valence-electron chi connectivity index (χ3n) is 3.53. The smallest absolute Gasteiger partial charge is 0.159 e. The van der Waals surface area contributed by atoms with Crippen LogP contribution >= 0.6 is 11.6 Å². The van der Waals surface area contributed by atoms with Crippen LogP contribution in [0.4, 0.5) is 10.1 Å². The van der Waals surface area contributed by atoms with E-state index >= 15 is 0 Å². The topological polar surface area (TPSA) is 29.1 Å². The van der Waals surface area contributed by atoms with Gasteiger partial charge in [0.1, 0.15) is 5.82 Å². The van der Waals surface area contributed by atoms with Gasteiger partial charge in [-0.25, -0.2) is 4.39 Å². The van der Waals surface area contributed by atoms with Crippen molar-refractivity contribution in [3.05, 3.63) is 64.4 Å². The Labute approximate surface area is 121 Å². The van der Waals surface area contributed by atoms with E-state index in [0.717, 1.165) is 11.3 Å². The van der Waals surface area contributed by atoms with Crippen molar-refractivity contribution in [3.8, 4) is 0 Å². The minimum absolute atomic E-state index is 0.0256. The Hall–Kier alpha value is -1.87. The monoisotopic (exact) mass is 289 g/mol. The quantitative estimate of drug-likeness (QED) is 0.935. The second-order valence-electron chi connectivity index (χ2n) is 4.94. The number of halogens is 2. The van der Waals surface area contributed by atoms with E-state index in [2.05, 4.69) is 5.32 Å². The van der Waals surface area contributed by atoms with Crippen molar-refractivity contribution in [1.29, 1.82) is 0 Å². The maximum absolute atomic E-state index is 13.6. The number of hydrogen-bond donors (Lipinski definition) is 1. The predicted octanol–water partition coefficient (Wildman–Crippen LogP) is 3.63. The molecule has 0 amide bonds. The number of benzene rings is 2. The summed E-state index contributed by atoms with van der Waals surface area (Å²) >= 11 is 5.84. The minimum Gasteiger partial charge on any atom is -0.375 e. The molecule has 3 rings (SSSR count). The lowest BCUT2D eigenvalue weighted by molar-refractivity contribution is -0.119. The van der Waals surface area contributed by atoms with E-state index < -0.39 is 5.82 Å². The average molecular weight is 290 g/mol. The summed E-state index contributed by atoms with van der Waals surface area (Å²) in [6.07, 6.45) is 0.704. The molecular formula is C16H13ClFNO. The Bertz CT molecular complexity index is 646. The van der Waals surface area contributed by atoms with Crippen molar-refractivity contribution in [2.45, 2.75) is 18.9 Å². The van der Waals surface area contributed by atoms with Crippen LogP contribution in [-0.4, -0.2) is 11.8 Å². The molecule has 20 heavy (non-hydrogen) atoms. The SMILES string of the molecule is O=C(Cc1cc(Cl)ccc1F)C1Cc2ccccc2N1. The number of nitrogens with one attached hydrogen (secondary N) is 1. The highest BCUT2D eigenvalue weighted by Gasteiger charge is 2.26. The van der Waals surface area contributed by atoms with Gasteiger partial charge in [0, 0.05) is 23.6 Å². The number of rotatable bonds is 3. The Morgan fingerprint density at radius 1 is 1.30 bits per heavy atom. The predicted molar refractivity (Wildman–Crippen MR) is 77.7 cm³/mol. The van der Waals surface area contributed by atoms with Crippen molar-refractivity contribution in [3.63, 3.8) is 0 Å². The van der Waals surface area contributed by atoms with Crippen molar-refractivity contribution in [1.82, 2.24) is 0 Å². The van der Waals surface area contributed by atoms with E-state index in [-0.39, 0.29) is 18.2 Å². The zero-order chi connectivity index (χ0) is 14.1. The second-order valence-corrected chi connectivity index (χ2v) is 5.37. The molecule has 0 saturated heterocycles. The van der Waals surface area contributed by atoms with E-state index in [1.54, 1.807) is 0 Å². The zero-order valence-electron chi connectivity index (χ0n) is 10.7. The van der Waals surface area contributed by atoms with Gasteiger partial charge in [0.2, 0.25) is 0 Å². The lowest BCUT2D eigenvalue weighted by Gasteiger charge is -2.10. The first-order valence-corrected chi connectivity index (χ1v) is 6.82. The van der Waals surface area contributed by atoms with Crippen molar-refractivity contribution < 1.29 is 9.18 Å². The minimum atomic E-state index is -0.390. The molecule has 1 heterocycles. The maximum Gasteiger partial charge on any atom is 0.159 e. The van der Waals surface area contributed by atoms with Crippen LogP contribution in [0.1, 0.15) is 11.1 Å². The molecule has 0 fully saturated rings. The highest BCUT2D eigenvalue weighted by atomic mass is 35.5. The first-order valence-electron chi connectivity index (χ1n) is 6.44. The number of hydrogen-bond acceptors (Lipinski definition) is 2. The van der Waals surface area contributed by atoms with Crippen LogP contribution in [0.25, 0.3) is 0 Å². The summed E-state index contributed by atoms with van der Waals surface area (Å²) in [4.78, 5) is 12.3. The van der Waals surface area contributed by atoms with E-state index in [1.807, 2.05) is 24.3 Å². The van der Waals surface area contributed by atoms with Gasteiger partial charge < -0.3 is 5.32 Å². The van der Waals surface area contributed by atoms with Crippen LogP contribution in [0.3, 0.4) is 0 Å². The lowest BCUT2D eigenvalue weighted by atomic mass is 10.0. The summed E-state index contributed by atoms with van der Waals surface area (Å²) < 4.78 is 13.6. The molecule has 0 spiro atoms. The standard InChI is InChI=1S/C16H13ClFNO/c17-12-5-6-13(18)11(7-12)9-16(20)15-8-10-3-1-2-4-14(10)19-15/h1-7,15,19H,8-9H2. The first-order chi connectivity index (χ1) is 9.63. The molecule has 4 heteroatoms. The fourth-order valence-corrected chi connectivity index (χ4v) is 2.68. The molecule has 1 unspecified atom stereocenters. The summed E-state index contributed by atoms with van der Waals surface area (Å²) in [6, 6.07) is 11.8. The number of anilines is 1. The van der Waals surface area contributed by atoms with E-state index in [0.29, 0.717) is 17.0 Å². The molecule has 2 nitrogen and oxygen atoms in total. The Kier molecular flexibility index (Phi) is 3.45. The van der Waals surface area contributed by atoms with Crippen LogP contribution in [0.2, 0.25) is 5.02 Å². The van der Waals surface area contributed by atoms with Crippen LogP contribution in [0, 0.1) is 5.82 Å². The lowest BCUT2D eigenvalue weighted by Crippen LogP contribution is -2.28. The number of para-hydroxylation sites is 1. The third-order valence-corrected chi connectivity index (χ3v) is 3.77. The molecule has 0 saturated carbocycles. The van der Waals surface area contributed by atoms with Gasteiger partial charge in [-0.05, 0) is 35.4 Å².